The maximum atomic E-state index is 12.9. The minimum absolute atomic E-state index is 0.376. The van der Waals surface area contributed by atoms with Gasteiger partial charge in [-0.3, -0.25) is 14.5 Å². The average molecular weight is 431 g/mol. The quantitative estimate of drug-likeness (QED) is 0.604. The van der Waals surface area contributed by atoms with Crippen molar-refractivity contribution in [3.05, 3.63) is 58.3 Å². The van der Waals surface area contributed by atoms with Crippen molar-refractivity contribution in [1.82, 2.24) is 25.0 Å². The summed E-state index contributed by atoms with van der Waals surface area (Å²) in [6, 6.07) is 7.82. The SMILES string of the molecule is CC1(c2cccs2)NC(=O)N(CC(=O)Nc2cc(Cl)ccc2-n2cncn2)C1=O. The van der Waals surface area contributed by atoms with Crippen LogP contribution in [0.4, 0.5) is 10.5 Å². The molecule has 3 aromatic rings. The second-order valence-electron chi connectivity index (χ2n) is 6.47. The molecule has 1 aromatic carbocycles. The van der Waals surface area contributed by atoms with Gasteiger partial charge in [-0.1, -0.05) is 17.7 Å². The molecule has 0 radical (unpaired) electrons. The number of nitrogens with one attached hydrogen (secondary N) is 2. The van der Waals surface area contributed by atoms with Crippen molar-refractivity contribution < 1.29 is 14.4 Å². The zero-order valence-corrected chi connectivity index (χ0v) is 16.7. The summed E-state index contributed by atoms with van der Waals surface area (Å²) in [5.41, 5.74) is -0.269. The third-order valence-electron chi connectivity index (χ3n) is 4.49. The van der Waals surface area contributed by atoms with Crippen molar-refractivity contribution in [2.24, 2.45) is 0 Å². The van der Waals surface area contributed by atoms with Gasteiger partial charge >= 0.3 is 6.03 Å². The van der Waals surface area contributed by atoms with E-state index in [0.717, 1.165) is 4.90 Å². The average Bonchev–Trinajstić information content (AvgIpc) is 3.42. The Labute approximate surface area is 174 Å². The van der Waals surface area contributed by atoms with Crippen LogP contribution < -0.4 is 10.6 Å². The van der Waals surface area contributed by atoms with Gasteiger partial charge in [-0.05, 0) is 36.6 Å². The minimum atomic E-state index is -1.19. The Bertz CT molecular complexity index is 1090. The molecule has 0 bridgehead atoms. The number of urea groups is 1. The summed E-state index contributed by atoms with van der Waals surface area (Å²) in [6.45, 7) is 1.19. The zero-order chi connectivity index (χ0) is 20.6. The van der Waals surface area contributed by atoms with Crippen LogP contribution in [0.15, 0.2) is 48.4 Å². The number of hydrogen-bond acceptors (Lipinski definition) is 6. The molecule has 1 atom stereocenters. The van der Waals surface area contributed by atoms with E-state index < -0.39 is 29.9 Å². The fourth-order valence-electron chi connectivity index (χ4n) is 3.04. The Morgan fingerprint density at radius 3 is 2.86 bits per heavy atom. The van der Waals surface area contributed by atoms with Gasteiger partial charge in [0.05, 0.1) is 11.4 Å². The van der Waals surface area contributed by atoms with Crippen LogP contribution in [0, 0.1) is 0 Å². The summed E-state index contributed by atoms with van der Waals surface area (Å²) in [4.78, 5) is 43.3. The molecule has 2 aromatic heterocycles. The van der Waals surface area contributed by atoms with Crippen molar-refractivity contribution in [3.63, 3.8) is 0 Å². The first-order valence-electron chi connectivity index (χ1n) is 8.51. The number of anilines is 1. The van der Waals surface area contributed by atoms with Gasteiger partial charge < -0.3 is 10.6 Å². The normalized spacial score (nSPS) is 18.8. The topological polar surface area (TPSA) is 109 Å². The molecule has 1 aliphatic rings. The van der Waals surface area contributed by atoms with Crippen LogP contribution in [-0.2, 0) is 15.1 Å². The lowest BCUT2D eigenvalue weighted by atomic mass is 10.0. The number of nitrogens with zero attached hydrogens (tertiary/aromatic N) is 4. The second-order valence-corrected chi connectivity index (χ2v) is 7.86. The standard InChI is InChI=1S/C18H15ClN6O3S/c1-18(14-3-2-6-29-14)16(27)24(17(28)23-18)8-15(26)22-12-7-11(19)4-5-13(12)25-10-20-9-21-25/h2-7,9-10H,8H2,1H3,(H,22,26)(H,23,28). The minimum Gasteiger partial charge on any atom is -0.323 e. The lowest BCUT2D eigenvalue weighted by Gasteiger charge is -2.20. The Balaban J connectivity index is 1.53. The number of carbonyl (C=O) groups is 3. The largest absolute Gasteiger partial charge is 0.325 e. The number of halogens is 1. The predicted molar refractivity (Wildman–Crippen MR) is 107 cm³/mol. The lowest BCUT2D eigenvalue weighted by molar-refractivity contribution is -0.133. The molecular weight excluding hydrogens is 416 g/mol. The summed E-state index contributed by atoms with van der Waals surface area (Å²) in [7, 11) is 0. The molecule has 11 heteroatoms. The molecular formula is C18H15ClN6O3S. The van der Waals surface area contributed by atoms with Gasteiger partial charge in [-0.15, -0.1) is 11.3 Å². The van der Waals surface area contributed by atoms with E-state index >= 15 is 0 Å². The summed E-state index contributed by atoms with van der Waals surface area (Å²) in [5, 5.41) is 11.6. The van der Waals surface area contributed by atoms with Crippen molar-refractivity contribution in [2.75, 3.05) is 11.9 Å². The van der Waals surface area contributed by atoms with E-state index in [1.165, 1.54) is 28.7 Å². The number of benzene rings is 1. The van der Waals surface area contributed by atoms with Crippen LogP contribution >= 0.6 is 22.9 Å². The summed E-state index contributed by atoms with van der Waals surface area (Å²) in [5.74, 6) is -1.03. The molecule has 1 fully saturated rings. The van der Waals surface area contributed by atoms with Gasteiger partial charge in [0, 0.05) is 9.90 Å². The van der Waals surface area contributed by atoms with Gasteiger partial charge in [-0.2, -0.15) is 5.10 Å². The molecule has 9 nitrogen and oxygen atoms in total. The number of amides is 4. The number of imide groups is 1. The van der Waals surface area contributed by atoms with Crippen LogP contribution in [0.25, 0.3) is 5.69 Å². The third-order valence-corrected chi connectivity index (χ3v) is 5.82. The van der Waals surface area contributed by atoms with E-state index in [1.807, 2.05) is 5.38 Å². The van der Waals surface area contributed by atoms with Gasteiger partial charge in [0.1, 0.15) is 19.2 Å². The monoisotopic (exact) mass is 430 g/mol. The van der Waals surface area contributed by atoms with Gasteiger partial charge in [-0.25, -0.2) is 14.5 Å². The molecule has 1 saturated heterocycles. The van der Waals surface area contributed by atoms with Crippen LogP contribution in [0.2, 0.25) is 5.02 Å². The first-order valence-corrected chi connectivity index (χ1v) is 9.77. The van der Waals surface area contributed by atoms with Crippen molar-refractivity contribution in [3.8, 4) is 5.69 Å². The van der Waals surface area contributed by atoms with E-state index in [9.17, 15) is 14.4 Å². The van der Waals surface area contributed by atoms with Crippen molar-refractivity contribution in [1.29, 1.82) is 0 Å². The summed E-state index contributed by atoms with van der Waals surface area (Å²) in [6.07, 6.45) is 2.83. The van der Waals surface area contributed by atoms with Crippen LogP contribution in [0.5, 0.6) is 0 Å². The fourth-order valence-corrected chi connectivity index (χ4v) is 4.05. The number of hydrogen-bond donors (Lipinski definition) is 2. The molecule has 4 amide bonds. The molecule has 0 aliphatic carbocycles. The van der Waals surface area contributed by atoms with Crippen molar-refractivity contribution >= 4 is 46.5 Å². The van der Waals surface area contributed by atoms with E-state index in [1.54, 1.807) is 37.3 Å². The lowest BCUT2D eigenvalue weighted by Crippen LogP contribution is -2.41. The maximum absolute atomic E-state index is 12.9. The highest BCUT2D eigenvalue weighted by Gasteiger charge is 2.50. The molecule has 3 heterocycles. The van der Waals surface area contributed by atoms with E-state index in [4.69, 9.17) is 11.6 Å². The van der Waals surface area contributed by atoms with Crippen molar-refractivity contribution in [2.45, 2.75) is 12.5 Å². The molecule has 0 saturated carbocycles. The first-order chi connectivity index (χ1) is 13.9. The maximum Gasteiger partial charge on any atom is 0.325 e. The van der Waals surface area contributed by atoms with E-state index in [0.29, 0.717) is 21.3 Å². The molecule has 29 heavy (non-hydrogen) atoms. The predicted octanol–water partition coefficient (Wildman–Crippen LogP) is 2.39. The van der Waals surface area contributed by atoms with Gasteiger partial charge in [0.25, 0.3) is 5.91 Å². The fraction of sp³-hybridized carbons (Fsp3) is 0.167. The number of carbonyl (C=O) groups excluding carboxylic acids is 3. The molecule has 1 unspecified atom stereocenters. The zero-order valence-electron chi connectivity index (χ0n) is 15.1. The van der Waals surface area contributed by atoms with E-state index in [2.05, 4.69) is 20.7 Å². The molecule has 2 N–H and O–H groups in total. The highest BCUT2D eigenvalue weighted by Crippen LogP contribution is 2.32. The second kappa shape index (κ2) is 7.30. The number of thiophene rings is 1. The molecule has 0 spiro atoms. The van der Waals surface area contributed by atoms with E-state index in [-0.39, 0.29) is 0 Å². The smallest absolute Gasteiger partial charge is 0.323 e. The molecule has 4 rings (SSSR count). The highest BCUT2D eigenvalue weighted by atomic mass is 35.5. The number of rotatable bonds is 5. The van der Waals surface area contributed by atoms with Crippen LogP contribution in [0.1, 0.15) is 11.8 Å². The third kappa shape index (κ3) is 3.47. The van der Waals surface area contributed by atoms with Gasteiger partial charge in [0.15, 0.2) is 5.54 Å². The van der Waals surface area contributed by atoms with Crippen LogP contribution in [0.3, 0.4) is 0 Å². The highest BCUT2D eigenvalue weighted by molar-refractivity contribution is 7.10. The summed E-state index contributed by atoms with van der Waals surface area (Å²) >= 11 is 7.41. The Hall–Kier alpha value is -3.24. The number of aromatic nitrogens is 3. The van der Waals surface area contributed by atoms with Crippen LogP contribution in [-0.4, -0.2) is 44.1 Å². The Kier molecular flexibility index (Phi) is 4.81. The first kappa shape index (κ1) is 19.1. The summed E-state index contributed by atoms with van der Waals surface area (Å²) < 4.78 is 1.47. The Morgan fingerprint density at radius 1 is 1.34 bits per heavy atom. The Morgan fingerprint density at radius 2 is 2.17 bits per heavy atom. The van der Waals surface area contributed by atoms with Gasteiger partial charge in [0.2, 0.25) is 5.91 Å². The molecule has 148 valence electrons. The molecule has 1 aliphatic heterocycles.